The number of para-hydroxylation sites is 2. The van der Waals surface area contributed by atoms with E-state index in [4.69, 9.17) is 0 Å². The molecule has 5 rings (SSSR count). The molecule has 5 nitrogen and oxygen atoms in total. The second kappa shape index (κ2) is 6.64. The van der Waals surface area contributed by atoms with Crippen molar-refractivity contribution in [2.75, 3.05) is 0 Å². The van der Waals surface area contributed by atoms with Crippen molar-refractivity contribution in [2.24, 2.45) is 0 Å². The molecule has 0 saturated heterocycles. The molecular weight excluding hydrogens is 326 g/mol. The minimum atomic E-state index is -0.300. The monoisotopic (exact) mass is 341 g/mol. The second-order valence-electron chi connectivity index (χ2n) is 5.80. The summed E-state index contributed by atoms with van der Waals surface area (Å²) >= 11 is 0. The molecule has 0 bridgehead atoms. The van der Waals surface area contributed by atoms with Crippen molar-refractivity contribution in [3.8, 4) is 11.4 Å². The first-order chi connectivity index (χ1) is 12.7. The molecule has 0 saturated carbocycles. The average molecular weight is 341 g/mol. The predicted molar refractivity (Wildman–Crippen MR) is 99.8 cm³/mol. The molecule has 0 aliphatic carbocycles. The normalized spacial score (nSPS) is 12.3. The third-order valence-corrected chi connectivity index (χ3v) is 4.08. The first-order valence-electron chi connectivity index (χ1n) is 8.17. The van der Waals surface area contributed by atoms with E-state index in [0.717, 1.165) is 22.4 Å². The third-order valence-electron chi connectivity index (χ3n) is 4.08. The molecule has 26 heavy (non-hydrogen) atoms. The molecule has 2 heterocycles. The molecular formula is C21H15N3O2. The summed E-state index contributed by atoms with van der Waals surface area (Å²) in [6.07, 6.45) is 0. The fraction of sp³-hybridized carbons (Fsp3) is 0. The van der Waals surface area contributed by atoms with Crippen molar-refractivity contribution < 1.29 is 9.59 Å². The molecule has 0 radical (unpaired) electrons. The Kier molecular flexibility index (Phi) is 4.03. The van der Waals surface area contributed by atoms with E-state index in [2.05, 4.69) is 27.4 Å². The number of amides is 2. The summed E-state index contributed by atoms with van der Waals surface area (Å²) in [6, 6.07) is 24.9. The number of hydrogen-bond donors (Lipinski definition) is 2. The summed E-state index contributed by atoms with van der Waals surface area (Å²) in [7, 11) is 0. The maximum Gasteiger partial charge on any atom is 0.258 e. The first kappa shape index (κ1) is 15.8. The molecule has 1 aliphatic heterocycles. The molecule has 5 heteroatoms. The number of nitrogens with one attached hydrogen (secondary N) is 2. The van der Waals surface area contributed by atoms with Crippen molar-refractivity contribution in [3.05, 3.63) is 90.0 Å². The minimum absolute atomic E-state index is 0.300. The molecule has 4 aromatic rings. The number of carbonyl (C=O) groups excluding carboxylic acids is 2. The van der Waals surface area contributed by atoms with Gasteiger partial charge in [-0.2, -0.15) is 0 Å². The molecule has 0 unspecified atom stereocenters. The number of imide groups is 1. The largest absolute Gasteiger partial charge is 0.338 e. The van der Waals surface area contributed by atoms with Gasteiger partial charge in [-0.15, -0.1) is 0 Å². The highest BCUT2D eigenvalue weighted by molar-refractivity contribution is 6.21. The van der Waals surface area contributed by atoms with Gasteiger partial charge in [0, 0.05) is 5.56 Å². The second-order valence-corrected chi connectivity index (χ2v) is 5.80. The summed E-state index contributed by atoms with van der Waals surface area (Å²) in [5.74, 6) is 0.327. The molecule has 0 fully saturated rings. The Bertz CT molecular complexity index is 1030. The highest BCUT2D eigenvalue weighted by Gasteiger charge is 2.25. The maximum atomic E-state index is 10.9. The number of H-pyrrole nitrogens is 1. The fourth-order valence-corrected chi connectivity index (χ4v) is 2.80. The number of aromatic amines is 1. The van der Waals surface area contributed by atoms with E-state index in [-0.39, 0.29) is 11.8 Å². The van der Waals surface area contributed by atoms with Gasteiger partial charge < -0.3 is 4.98 Å². The van der Waals surface area contributed by atoms with Crippen LogP contribution in [0.3, 0.4) is 0 Å². The van der Waals surface area contributed by atoms with Crippen LogP contribution in [0.4, 0.5) is 0 Å². The number of fused-ring (bicyclic) bond motifs is 2. The zero-order chi connectivity index (χ0) is 17.9. The van der Waals surface area contributed by atoms with E-state index in [0.29, 0.717) is 11.1 Å². The van der Waals surface area contributed by atoms with Crippen molar-refractivity contribution >= 4 is 22.8 Å². The number of carbonyl (C=O) groups is 2. The molecule has 2 amide bonds. The molecule has 1 aliphatic rings. The van der Waals surface area contributed by atoms with Crippen molar-refractivity contribution in [3.63, 3.8) is 0 Å². The van der Waals surface area contributed by atoms with Crippen LogP contribution in [0.1, 0.15) is 20.7 Å². The smallest absolute Gasteiger partial charge is 0.258 e. The molecule has 3 aromatic carbocycles. The lowest BCUT2D eigenvalue weighted by Gasteiger charge is -1.93. The Morgan fingerprint density at radius 3 is 1.88 bits per heavy atom. The van der Waals surface area contributed by atoms with Gasteiger partial charge in [0.2, 0.25) is 0 Å². The SMILES string of the molecule is O=C1NC(=O)c2ccccc21.c1ccc(-c2nc3ccccc3[nH]2)cc1. The minimum Gasteiger partial charge on any atom is -0.338 e. The van der Waals surface area contributed by atoms with Crippen LogP contribution in [-0.2, 0) is 0 Å². The quantitative estimate of drug-likeness (QED) is 0.517. The maximum absolute atomic E-state index is 10.9. The molecule has 0 atom stereocenters. The van der Waals surface area contributed by atoms with Crippen LogP contribution in [-0.4, -0.2) is 21.8 Å². The van der Waals surface area contributed by atoms with E-state index >= 15 is 0 Å². The summed E-state index contributed by atoms with van der Waals surface area (Å²) in [5, 5.41) is 2.20. The van der Waals surface area contributed by atoms with Gasteiger partial charge in [-0.3, -0.25) is 14.9 Å². The van der Waals surface area contributed by atoms with E-state index in [1.165, 1.54) is 0 Å². The van der Waals surface area contributed by atoms with Gasteiger partial charge in [-0.25, -0.2) is 4.98 Å². The highest BCUT2D eigenvalue weighted by Crippen LogP contribution is 2.19. The Morgan fingerprint density at radius 1 is 0.654 bits per heavy atom. The van der Waals surface area contributed by atoms with Crippen LogP contribution in [0.5, 0.6) is 0 Å². The molecule has 1 aromatic heterocycles. The zero-order valence-electron chi connectivity index (χ0n) is 13.8. The van der Waals surface area contributed by atoms with E-state index in [1.807, 2.05) is 42.5 Å². The summed E-state index contributed by atoms with van der Waals surface area (Å²) < 4.78 is 0. The summed E-state index contributed by atoms with van der Waals surface area (Å²) in [4.78, 5) is 29.7. The van der Waals surface area contributed by atoms with Gasteiger partial charge in [0.05, 0.1) is 22.2 Å². The van der Waals surface area contributed by atoms with Gasteiger partial charge in [0.25, 0.3) is 11.8 Å². The summed E-state index contributed by atoms with van der Waals surface area (Å²) in [6.45, 7) is 0. The number of aromatic nitrogens is 2. The van der Waals surface area contributed by atoms with Crippen LogP contribution >= 0.6 is 0 Å². The zero-order valence-corrected chi connectivity index (χ0v) is 13.8. The topological polar surface area (TPSA) is 74.8 Å². The van der Waals surface area contributed by atoms with Crippen LogP contribution in [0.15, 0.2) is 78.9 Å². The number of nitrogens with zero attached hydrogens (tertiary/aromatic N) is 1. The Balaban J connectivity index is 0.000000136. The Hall–Kier alpha value is -3.73. The predicted octanol–water partition coefficient (Wildman–Crippen LogP) is 3.80. The molecule has 0 spiro atoms. The highest BCUT2D eigenvalue weighted by atomic mass is 16.2. The molecule has 2 N–H and O–H groups in total. The number of benzene rings is 3. The van der Waals surface area contributed by atoms with Crippen LogP contribution < -0.4 is 5.32 Å². The lowest BCUT2D eigenvalue weighted by molar-refractivity contribution is 0.0879. The van der Waals surface area contributed by atoms with Crippen molar-refractivity contribution in [1.29, 1.82) is 0 Å². The van der Waals surface area contributed by atoms with Crippen LogP contribution in [0.2, 0.25) is 0 Å². The summed E-state index contributed by atoms with van der Waals surface area (Å²) in [5.41, 5.74) is 4.15. The van der Waals surface area contributed by atoms with Gasteiger partial charge in [0.15, 0.2) is 0 Å². The molecule has 126 valence electrons. The van der Waals surface area contributed by atoms with Gasteiger partial charge in [0.1, 0.15) is 5.82 Å². The number of imidazole rings is 1. The van der Waals surface area contributed by atoms with E-state index < -0.39 is 0 Å². The van der Waals surface area contributed by atoms with E-state index in [9.17, 15) is 9.59 Å². The number of hydrogen-bond acceptors (Lipinski definition) is 3. The van der Waals surface area contributed by atoms with Crippen molar-refractivity contribution in [1.82, 2.24) is 15.3 Å². The van der Waals surface area contributed by atoms with Gasteiger partial charge in [-0.05, 0) is 24.3 Å². The van der Waals surface area contributed by atoms with Crippen molar-refractivity contribution in [2.45, 2.75) is 0 Å². The third kappa shape index (κ3) is 2.98. The lowest BCUT2D eigenvalue weighted by atomic mass is 10.1. The average Bonchev–Trinajstić information content (AvgIpc) is 3.25. The lowest BCUT2D eigenvalue weighted by Crippen LogP contribution is -2.19. The first-order valence-corrected chi connectivity index (χ1v) is 8.17. The Labute approximate surface area is 149 Å². The van der Waals surface area contributed by atoms with Gasteiger partial charge >= 0.3 is 0 Å². The van der Waals surface area contributed by atoms with Gasteiger partial charge in [-0.1, -0.05) is 54.6 Å². The van der Waals surface area contributed by atoms with Crippen LogP contribution in [0.25, 0.3) is 22.4 Å². The van der Waals surface area contributed by atoms with Crippen LogP contribution in [0, 0.1) is 0 Å². The van der Waals surface area contributed by atoms with E-state index in [1.54, 1.807) is 24.3 Å². The standard InChI is InChI=1S/C13H10N2.C8H5NO2/c1-2-6-10(7-3-1)13-14-11-8-4-5-9-12(11)15-13;10-7-5-3-1-2-4-6(5)8(11)9-7/h1-9H,(H,14,15);1-4H,(H,9,10,11). The Morgan fingerprint density at radius 2 is 1.23 bits per heavy atom. The number of rotatable bonds is 1. The fourth-order valence-electron chi connectivity index (χ4n) is 2.80.